The maximum atomic E-state index is 12.8. The molecule has 0 aromatic carbocycles. The van der Waals surface area contributed by atoms with Gasteiger partial charge in [-0.15, -0.1) is 0 Å². The van der Waals surface area contributed by atoms with Crippen molar-refractivity contribution in [3.05, 3.63) is 55.3 Å². The Labute approximate surface area is 161 Å². The molecule has 2 aromatic heterocycles. The molecule has 28 heavy (non-hydrogen) atoms. The SMILES string of the molecule is Cc1noc(C)c1CCC(=O)N1C[C@@H]2C[C@H](C1)c1ccc([N+](=O)[O-])c(=O)n1C2. The molecule has 0 spiro atoms. The number of aromatic nitrogens is 2. The van der Waals surface area contributed by atoms with Crippen LogP contribution in [0.15, 0.2) is 21.5 Å². The van der Waals surface area contributed by atoms with Gasteiger partial charge in [0.1, 0.15) is 5.76 Å². The molecule has 1 saturated heterocycles. The van der Waals surface area contributed by atoms with E-state index in [0.717, 1.165) is 29.1 Å². The average molecular weight is 386 g/mol. The maximum Gasteiger partial charge on any atom is 0.334 e. The Balaban J connectivity index is 1.50. The monoisotopic (exact) mass is 386 g/mol. The summed E-state index contributed by atoms with van der Waals surface area (Å²) < 4.78 is 6.69. The van der Waals surface area contributed by atoms with Gasteiger partial charge in [-0.05, 0) is 38.7 Å². The van der Waals surface area contributed by atoms with Gasteiger partial charge in [0.05, 0.1) is 10.6 Å². The number of fused-ring (bicyclic) bond motifs is 4. The first-order valence-corrected chi connectivity index (χ1v) is 9.42. The molecule has 0 saturated carbocycles. The lowest BCUT2D eigenvalue weighted by Gasteiger charge is -2.42. The van der Waals surface area contributed by atoms with E-state index in [2.05, 4.69) is 5.16 Å². The van der Waals surface area contributed by atoms with Gasteiger partial charge in [-0.2, -0.15) is 0 Å². The van der Waals surface area contributed by atoms with Crippen molar-refractivity contribution in [2.45, 2.75) is 45.6 Å². The molecule has 4 rings (SSSR count). The molecular weight excluding hydrogens is 364 g/mol. The van der Waals surface area contributed by atoms with Crippen LogP contribution in [0.25, 0.3) is 0 Å². The maximum absolute atomic E-state index is 12.8. The third-order valence-electron chi connectivity index (χ3n) is 5.90. The second kappa shape index (κ2) is 6.88. The van der Waals surface area contributed by atoms with Crippen molar-refractivity contribution in [2.24, 2.45) is 5.92 Å². The molecule has 148 valence electrons. The summed E-state index contributed by atoms with van der Waals surface area (Å²) in [6, 6.07) is 2.95. The van der Waals surface area contributed by atoms with Gasteiger partial charge in [-0.1, -0.05) is 5.16 Å². The Bertz CT molecular complexity index is 989. The summed E-state index contributed by atoms with van der Waals surface area (Å²) in [5.41, 5.74) is 1.65. The van der Waals surface area contributed by atoms with E-state index in [0.29, 0.717) is 32.5 Å². The number of piperidine rings is 1. The predicted octanol–water partition coefficient (Wildman–Crippen LogP) is 1.94. The molecule has 1 fully saturated rings. The zero-order valence-electron chi connectivity index (χ0n) is 15.9. The first kappa shape index (κ1) is 18.4. The highest BCUT2D eigenvalue weighted by molar-refractivity contribution is 5.76. The Hall–Kier alpha value is -2.97. The van der Waals surface area contributed by atoms with Gasteiger partial charge in [0, 0.05) is 49.3 Å². The molecular formula is C19H22N4O5. The topological polar surface area (TPSA) is 111 Å². The van der Waals surface area contributed by atoms with Crippen molar-refractivity contribution >= 4 is 11.6 Å². The Morgan fingerprint density at radius 2 is 2.11 bits per heavy atom. The minimum absolute atomic E-state index is 0.0315. The molecule has 2 aliphatic heterocycles. The van der Waals surface area contributed by atoms with E-state index in [1.165, 1.54) is 10.6 Å². The fourth-order valence-electron chi connectivity index (χ4n) is 4.53. The quantitative estimate of drug-likeness (QED) is 0.586. The third kappa shape index (κ3) is 3.10. The highest BCUT2D eigenvalue weighted by Crippen LogP contribution is 2.35. The summed E-state index contributed by atoms with van der Waals surface area (Å²) >= 11 is 0. The lowest BCUT2D eigenvalue weighted by atomic mass is 9.83. The average Bonchev–Trinajstić information content (AvgIpc) is 2.98. The summed E-state index contributed by atoms with van der Waals surface area (Å²) in [7, 11) is 0. The molecule has 0 aliphatic carbocycles. The van der Waals surface area contributed by atoms with Crippen LogP contribution >= 0.6 is 0 Å². The standard InChI is InChI=1S/C19H22N4O5/c1-11-15(12(2)28-20-11)3-6-18(24)21-8-13-7-14(10-21)16-4-5-17(23(26)27)19(25)22(16)9-13/h4-5,13-14H,3,6-10H2,1-2H3/t13-,14+/m0/s1. The number of hydrogen-bond donors (Lipinski definition) is 0. The van der Waals surface area contributed by atoms with E-state index in [1.54, 1.807) is 6.07 Å². The summed E-state index contributed by atoms with van der Waals surface area (Å²) in [6.07, 6.45) is 1.87. The van der Waals surface area contributed by atoms with Gasteiger partial charge in [-0.3, -0.25) is 19.7 Å². The summed E-state index contributed by atoms with van der Waals surface area (Å²) in [5.74, 6) is 0.987. The molecule has 2 aromatic rings. The molecule has 0 unspecified atom stereocenters. The minimum Gasteiger partial charge on any atom is -0.361 e. The number of carbonyl (C=O) groups excluding carboxylic acids is 1. The molecule has 0 radical (unpaired) electrons. The molecule has 4 heterocycles. The molecule has 2 atom stereocenters. The Morgan fingerprint density at radius 3 is 2.79 bits per heavy atom. The normalized spacial score (nSPS) is 20.7. The molecule has 0 N–H and O–H groups in total. The number of rotatable bonds is 4. The summed E-state index contributed by atoms with van der Waals surface area (Å²) in [5, 5.41) is 15.0. The van der Waals surface area contributed by atoms with Gasteiger partial charge < -0.3 is 14.0 Å². The van der Waals surface area contributed by atoms with Crippen molar-refractivity contribution in [3.8, 4) is 0 Å². The van der Waals surface area contributed by atoms with Crippen molar-refractivity contribution in [1.82, 2.24) is 14.6 Å². The van der Waals surface area contributed by atoms with Crippen LogP contribution in [0, 0.1) is 29.9 Å². The molecule has 1 amide bonds. The van der Waals surface area contributed by atoms with E-state index in [-0.39, 0.29) is 17.7 Å². The first-order valence-electron chi connectivity index (χ1n) is 9.42. The minimum atomic E-state index is -0.634. The van der Waals surface area contributed by atoms with Crippen LogP contribution in [-0.2, 0) is 17.8 Å². The predicted molar refractivity (Wildman–Crippen MR) is 99.1 cm³/mol. The number of amides is 1. The number of pyridine rings is 1. The smallest absolute Gasteiger partial charge is 0.334 e. The van der Waals surface area contributed by atoms with Crippen LogP contribution in [0.1, 0.15) is 41.5 Å². The summed E-state index contributed by atoms with van der Waals surface area (Å²) in [6.45, 7) is 5.24. The number of likely N-dealkylation sites (tertiary alicyclic amines) is 1. The highest BCUT2D eigenvalue weighted by atomic mass is 16.6. The second-order valence-corrected chi connectivity index (χ2v) is 7.72. The van der Waals surface area contributed by atoms with Crippen LogP contribution in [-0.4, -0.2) is 38.5 Å². The van der Waals surface area contributed by atoms with E-state index < -0.39 is 16.2 Å². The van der Waals surface area contributed by atoms with Crippen LogP contribution in [0.5, 0.6) is 0 Å². The fourth-order valence-corrected chi connectivity index (χ4v) is 4.53. The van der Waals surface area contributed by atoms with Gasteiger partial charge in [0.2, 0.25) is 5.91 Å². The van der Waals surface area contributed by atoms with Crippen LogP contribution in [0.4, 0.5) is 5.69 Å². The van der Waals surface area contributed by atoms with E-state index in [4.69, 9.17) is 4.52 Å². The molecule has 2 aliphatic rings. The van der Waals surface area contributed by atoms with Gasteiger partial charge in [-0.25, -0.2) is 0 Å². The van der Waals surface area contributed by atoms with Crippen LogP contribution in [0.3, 0.4) is 0 Å². The fraction of sp³-hybridized carbons (Fsp3) is 0.526. The van der Waals surface area contributed by atoms with Crippen LogP contribution in [0.2, 0.25) is 0 Å². The van der Waals surface area contributed by atoms with Crippen LogP contribution < -0.4 is 5.56 Å². The van der Waals surface area contributed by atoms with E-state index in [9.17, 15) is 19.7 Å². The van der Waals surface area contributed by atoms with Crippen molar-refractivity contribution in [3.63, 3.8) is 0 Å². The number of carbonyl (C=O) groups is 1. The Morgan fingerprint density at radius 1 is 1.32 bits per heavy atom. The second-order valence-electron chi connectivity index (χ2n) is 7.72. The molecule has 9 heteroatoms. The number of nitrogens with zero attached hydrogens (tertiary/aromatic N) is 4. The molecule has 9 nitrogen and oxygen atoms in total. The van der Waals surface area contributed by atoms with Crippen molar-refractivity contribution in [1.29, 1.82) is 0 Å². The van der Waals surface area contributed by atoms with E-state index >= 15 is 0 Å². The van der Waals surface area contributed by atoms with Gasteiger partial charge in [0.15, 0.2) is 0 Å². The molecule has 2 bridgehead atoms. The van der Waals surface area contributed by atoms with Gasteiger partial charge >= 0.3 is 11.2 Å². The van der Waals surface area contributed by atoms with Crippen molar-refractivity contribution in [2.75, 3.05) is 13.1 Å². The number of aryl methyl sites for hydroxylation is 2. The van der Waals surface area contributed by atoms with E-state index in [1.807, 2.05) is 18.7 Å². The number of hydrogen-bond acceptors (Lipinski definition) is 6. The third-order valence-corrected chi connectivity index (χ3v) is 5.90. The van der Waals surface area contributed by atoms with Gasteiger partial charge in [0.25, 0.3) is 0 Å². The first-order chi connectivity index (χ1) is 13.3. The Kier molecular flexibility index (Phi) is 4.52. The largest absolute Gasteiger partial charge is 0.361 e. The lowest BCUT2D eigenvalue weighted by molar-refractivity contribution is -0.386. The number of nitro groups is 1. The zero-order chi connectivity index (χ0) is 20.0. The lowest BCUT2D eigenvalue weighted by Crippen LogP contribution is -2.49. The summed E-state index contributed by atoms with van der Waals surface area (Å²) in [4.78, 5) is 37.5. The zero-order valence-corrected chi connectivity index (χ0v) is 15.9. The van der Waals surface area contributed by atoms with Crippen molar-refractivity contribution < 1.29 is 14.2 Å². The highest BCUT2D eigenvalue weighted by Gasteiger charge is 2.37.